The van der Waals surface area contributed by atoms with Crippen LogP contribution in [-0.2, 0) is 30.3 Å². The molecule has 0 aliphatic heterocycles. The molecular weight excluding hydrogens is 496 g/mol. The lowest BCUT2D eigenvalue weighted by Crippen LogP contribution is -2.58. The Bertz CT molecular complexity index is 1320. The summed E-state index contributed by atoms with van der Waals surface area (Å²) in [6, 6.07) is 2.85. The number of aliphatic hydroxyl groups excluding tert-OH is 2. The molecule has 0 bridgehead atoms. The van der Waals surface area contributed by atoms with Gasteiger partial charge in [0.25, 0.3) is 5.91 Å². The molecule has 11 nitrogen and oxygen atoms in total. The maximum atomic E-state index is 13.5. The van der Waals surface area contributed by atoms with E-state index in [9.17, 15) is 39.6 Å². The molecule has 11 heteroatoms. The number of carbonyl (C=O) groups excluding carboxylic acids is 4. The molecule has 1 aromatic rings. The Morgan fingerprint density at radius 2 is 1.89 bits per heavy atom. The molecule has 4 rings (SSSR count). The van der Waals surface area contributed by atoms with Crippen molar-refractivity contribution in [2.24, 2.45) is 17.6 Å². The van der Waals surface area contributed by atoms with Crippen molar-refractivity contribution in [1.82, 2.24) is 4.90 Å². The Kier molecular flexibility index (Phi) is 7.18. The molecule has 0 saturated heterocycles. The highest BCUT2D eigenvalue weighted by molar-refractivity contribution is 6.22. The maximum absolute atomic E-state index is 13.5. The Morgan fingerprint density at radius 3 is 2.55 bits per heavy atom. The minimum absolute atomic E-state index is 0.0235. The molecule has 6 N–H and O–H groups in total. The monoisotopic (exact) mass is 526 g/mol. The van der Waals surface area contributed by atoms with Crippen LogP contribution in [0.25, 0.3) is 11.8 Å². The first-order valence-corrected chi connectivity index (χ1v) is 12.2. The van der Waals surface area contributed by atoms with E-state index in [1.807, 2.05) is 19.0 Å². The van der Waals surface area contributed by atoms with Crippen molar-refractivity contribution in [1.29, 1.82) is 0 Å². The van der Waals surface area contributed by atoms with Crippen LogP contribution in [-0.4, -0.2) is 81.6 Å². The van der Waals surface area contributed by atoms with Crippen molar-refractivity contribution in [2.75, 3.05) is 27.2 Å². The zero-order chi connectivity index (χ0) is 27.9. The minimum atomic E-state index is -2.61. The predicted molar refractivity (Wildman–Crippen MR) is 135 cm³/mol. The van der Waals surface area contributed by atoms with Gasteiger partial charge in [-0.2, -0.15) is 0 Å². The molecule has 3 aliphatic carbocycles. The van der Waals surface area contributed by atoms with Crippen molar-refractivity contribution < 1.29 is 44.3 Å². The summed E-state index contributed by atoms with van der Waals surface area (Å²) in [5.74, 6) is -7.43. The van der Waals surface area contributed by atoms with E-state index >= 15 is 0 Å². The molecule has 0 unspecified atom stereocenters. The first-order valence-electron chi connectivity index (χ1n) is 12.2. The first-order chi connectivity index (χ1) is 17.9. The summed E-state index contributed by atoms with van der Waals surface area (Å²) < 4.78 is 5.19. The number of nitrogens with zero attached hydrogens (tertiary/aromatic N) is 1. The second-order valence-corrected chi connectivity index (χ2v) is 10.1. The number of hydrogen-bond donors (Lipinski definition) is 5. The molecule has 38 heavy (non-hydrogen) atoms. The molecular formula is C27H30N2O9. The number of ether oxygens (including phenoxy) is 1. The molecule has 0 radical (unpaired) electrons. The highest BCUT2D eigenvalue weighted by Crippen LogP contribution is 2.52. The second kappa shape index (κ2) is 10.1. The van der Waals surface area contributed by atoms with Crippen LogP contribution in [0, 0.1) is 11.8 Å². The van der Waals surface area contributed by atoms with Gasteiger partial charge in [-0.15, -0.1) is 0 Å². The van der Waals surface area contributed by atoms with Gasteiger partial charge in [-0.05, 0) is 62.5 Å². The molecule has 0 heterocycles. The van der Waals surface area contributed by atoms with E-state index < -0.39 is 64.4 Å². The van der Waals surface area contributed by atoms with Gasteiger partial charge in [-0.3, -0.25) is 14.4 Å². The lowest BCUT2D eigenvalue weighted by Gasteiger charge is -2.46. The number of rotatable bonds is 7. The third-order valence-corrected chi connectivity index (χ3v) is 7.38. The molecule has 1 aromatic carbocycles. The first kappa shape index (κ1) is 27.1. The number of benzene rings is 1. The SMILES string of the molecule is CN(C)CCCOC(=O)/C=C/c1ccc(O)c2c1C[C@H]1C[C@H]3CC(=O)C(C(N)=O)=C(O)[C@@]3(O)C(=O)C1=C2O. The number of hydrogen-bond acceptors (Lipinski definition) is 10. The van der Waals surface area contributed by atoms with Gasteiger partial charge in [0.05, 0.1) is 12.2 Å². The fraction of sp³-hybridized carbons (Fsp3) is 0.407. The minimum Gasteiger partial charge on any atom is -0.508 e. The van der Waals surface area contributed by atoms with Crippen LogP contribution >= 0.6 is 0 Å². The predicted octanol–water partition coefficient (Wildman–Crippen LogP) is 0.932. The number of fused-ring (bicyclic) bond motifs is 3. The van der Waals surface area contributed by atoms with Crippen LogP contribution in [0.5, 0.6) is 5.75 Å². The van der Waals surface area contributed by atoms with Crippen LogP contribution in [0.1, 0.15) is 36.0 Å². The highest BCUT2D eigenvalue weighted by atomic mass is 16.5. The third-order valence-electron chi connectivity index (χ3n) is 7.38. The van der Waals surface area contributed by atoms with E-state index in [1.165, 1.54) is 18.2 Å². The van der Waals surface area contributed by atoms with Crippen molar-refractivity contribution in [2.45, 2.75) is 31.3 Å². The number of amides is 1. The summed E-state index contributed by atoms with van der Waals surface area (Å²) in [5, 5.41) is 43.5. The van der Waals surface area contributed by atoms with Crippen molar-refractivity contribution in [3.63, 3.8) is 0 Å². The number of phenols is 1. The Morgan fingerprint density at radius 1 is 1.18 bits per heavy atom. The number of aliphatic hydroxyl groups is 3. The van der Waals surface area contributed by atoms with Gasteiger partial charge in [-0.25, -0.2) is 4.79 Å². The van der Waals surface area contributed by atoms with Crippen molar-refractivity contribution >= 4 is 35.3 Å². The van der Waals surface area contributed by atoms with E-state index in [-0.39, 0.29) is 36.3 Å². The number of esters is 1. The lowest BCUT2D eigenvalue weighted by molar-refractivity contribution is -0.147. The molecule has 1 saturated carbocycles. The van der Waals surface area contributed by atoms with Gasteiger partial charge in [0, 0.05) is 30.5 Å². The number of primary amides is 1. The Labute approximate surface area is 218 Å². The van der Waals surface area contributed by atoms with Crippen LogP contribution in [0.4, 0.5) is 0 Å². The van der Waals surface area contributed by atoms with Crippen molar-refractivity contribution in [3.8, 4) is 5.75 Å². The Balaban J connectivity index is 1.69. The quantitative estimate of drug-likeness (QED) is 0.148. The molecule has 0 aromatic heterocycles. The molecule has 1 fully saturated rings. The van der Waals surface area contributed by atoms with Gasteiger partial charge in [0.15, 0.2) is 11.4 Å². The number of phenolic OH excluding ortho intramolecular Hbond substituents is 1. The third kappa shape index (κ3) is 4.48. The summed E-state index contributed by atoms with van der Waals surface area (Å²) in [5.41, 5.74) is 2.44. The number of ketones is 2. The van der Waals surface area contributed by atoms with Crippen molar-refractivity contribution in [3.05, 3.63) is 51.8 Å². The van der Waals surface area contributed by atoms with Gasteiger partial charge < -0.3 is 35.8 Å². The molecule has 0 spiro atoms. The van der Waals surface area contributed by atoms with E-state index in [2.05, 4.69) is 0 Å². The summed E-state index contributed by atoms with van der Waals surface area (Å²) in [6.45, 7) is 1.00. The number of aromatic hydroxyl groups is 1. The van der Waals surface area contributed by atoms with Gasteiger partial charge in [0.2, 0.25) is 5.78 Å². The average molecular weight is 527 g/mol. The zero-order valence-corrected chi connectivity index (χ0v) is 21.1. The molecule has 202 valence electrons. The van der Waals surface area contributed by atoms with Crippen LogP contribution in [0.2, 0.25) is 0 Å². The fourth-order valence-electron chi connectivity index (χ4n) is 5.56. The van der Waals surface area contributed by atoms with E-state index in [1.54, 1.807) is 6.07 Å². The smallest absolute Gasteiger partial charge is 0.330 e. The van der Waals surface area contributed by atoms with Crippen LogP contribution in [0.3, 0.4) is 0 Å². The normalized spacial score (nSPS) is 24.9. The van der Waals surface area contributed by atoms with E-state index in [4.69, 9.17) is 10.5 Å². The number of carbonyl (C=O) groups is 4. The fourth-order valence-corrected chi connectivity index (χ4v) is 5.56. The molecule has 1 amide bonds. The second-order valence-electron chi connectivity index (χ2n) is 10.1. The van der Waals surface area contributed by atoms with E-state index in [0.29, 0.717) is 17.5 Å². The van der Waals surface area contributed by atoms with Gasteiger partial charge in [-0.1, -0.05) is 6.07 Å². The van der Waals surface area contributed by atoms with Crippen LogP contribution in [0.15, 0.2) is 35.1 Å². The van der Waals surface area contributed by atoms with Gasteiger partial charge in [0.1, 0.15) is 22.8 Å². The largest absolute Gasteiger partial charge is 0.508 e. The lowest BCUT2D eigenvalue weighted by atomic mass is 9.59. The summed E-state index contributed by atoms with van der Waals surface area (Å²) in [7, 11) is 3.82. The Hall–Kier alpha value is -3.96. The summed E-state index contributed by atoms with van der Waals surface area (Å²) >= 11 is 0. The standard InChI is InChI=1S/C27H30N2O9/c1-29(2)8-3-9-38-19(32)7-5-13-4-6-17(30)21-16(13)11-14-10-15-12-18(31)22(26(28)36)25(35)27(15,37)24(34)20(14)23(21)33/h4-7,14-15,30,33,35,37H,3,8-12H2,1-2H3,(H2,28,36)/b7-5+/t14-,15+,27+/m1/s1. The van der Waals surface area contributed by atoms with E-state index in [0.717, 1.165) is 6.54 Å². The maximum Gasteiger partial charge on any atom is 0.330 e. The van der Waals surface area contributed by atoms with Gasteiger partial charge >= 0.3 is 5.97 Å². The number of Topliss-reactive ketones (excluding diaryl/α,β-unsaturated/α-hetero) is 2. The summed E-state index contributed by atoms with van der Waals surface area (Å²) in [4.78, 5) is 51.8. The zero-order valence-electron chi connectivity index (χ0n) is 21.1. The molecule has 3 atom stereocenters. The molecule has 3 aliphatic rings. The van der Waals surface area contributed by atoms with Crippen LogP contribution < -0.4 is 5.73 Å². The summed E-state index contributed by atoms with van der Waals surface area (Å²) in [6.07, 6.45) is 3.16. The topological polar surface area (TPSA) is 188 Å². The highest BCUT2D eigenvalue weighted by Gasteiger charge is 2.60. The average Bonchev–Trinajstić information content (AvgIpc) is 2.83. The number of nitrogens with two attached hydrogens (primary N) is 1.